The second-order valence-corrected chi connectivity index (χ2v) is 9.31. The second-order valence-electron chi connectivity index (χ2n) is 9.31. The number of hydrogen-bond donors (Lipinski definition) is 3. The maximum absolute atomic E-state index is 13.2. The van der Waals surface area contributed by atoms with Gasteiger partial charge in [0.2, 0.25) is 0 Å². The van der Waals surface area contributed by atoms with Crippen LogP contribution >= 0.6 is 0 Å². The van der Waals surface area contributed by atoms with Crippen LogP contribution in [0.15, 0.2) is 24.4 Å². The third-order valence-corrected chi connectivity index (χ3v) is 7.21. The van der Waals surface area contributed by atoms with Crippen LogP contribution in [0, 0.1) is 17.8 Å². The van der Waals surface area contributed by atoms with Gasteiger partial charge < -0.3 is 10.1 Å². The van der Waals surface area contributed by atoms with E-state index in [-0.39, 0.29) is 18.1 Å². The van der Waals surface area contributed by atoms with E-state index in [4.69, 9.17) is 9.94 Å². The third-order valence-electron chi connectivity index (χ3n) is 7.21. The number of rotatable bonds is 8. The predicted octanol–water partition coefficient (Wildman–Crippen LogP) is 3.37. The molecular weight excluding hydrogens is 394 g/mol. The molecule has 0 spiro atoms. The van der Waals surface area contributed by atoms with E-state index in [1.165, 1.54) is 50.7 Å². The van der Waals surface area contributed by atoms with Gasteiger partial charge in [0.1, 0.15) is 12.1 Å². The fraction of sp³-hybridized carbons (Fsp3) is 0.625. The first-order chi connectivity index (χ1) is 15.1. The van der Waals surface area contributed by atoms with Gasteiger partial charge in [0.25, 0.3) is 5.91 Å². The van der Waals surface area contributed by atoms with Gasteiger partial charge in [-0.2, -0.15) is 0 Å². The molecular formula is C24H33N3O4. The molecule has 7 nitrogen and oxygen atoms in total. The normalized spacial score (nSPS) is 26.8. The number of nitrogens with zero attached hydrogens (tertiary/aromatic N) is 1. The number of hydroxylamine groups is 1. The molecule has 3 saturated carbocycles. The lowest BCUT2D eigenvalue weighted by atomic mass is 9.83. The van der Waals surface area contributed by atoms with Crippen LogP contribution in [0.1, 0.15) is 69.0 Å². The fourth-order valence-corrected chi connectivity index (χ4v) is 5.53. The summed E-state index contributed by atoms with van der Waals surface area (Å²) in [5, 5.41) is 12.0. The molecule has 3 N–H and O–H groups in total. The van der Waals surface area contributed by atoms with Crippen molar-refractivity contribution in [1.82, 2.24) is 15.8 Å². The quantitative estimate of drug-likeness (QED) is 0.255. The standard InChI is InChI=1S/C24H33N3O4/c28-22(27-30)11-10-20-9-7-17(14-25-20)15-26-23(18-4-2-1-3-5-18)24(29)31-21-13-16-6-8-19(21)12-16/h7,9-11,14,16,18-19,21,23,26,30H,1-6,8,12-13,15H2,(H,27,28)/b11-10+/t16?,19?,21?,23-/m0/s1. The fourth-order valence-electron chi connectivity index (χ4n) is 5.53. The smallest absolute Gasteiger partial charge is 0.323 e. The number of carbonyl (C=O) groups is 2. The topological polar surface area (TPSA) is 101 Å². The Kier molecular flexibility index (Phi) is 7.35. The first-order valence-corrected chi connectivity index (χ1v) is 11.6. The Morgan fingerprint density at radius 1 is 1.16 bits per heavy atom. The van der Waals surface area contributed by atoms with Crippen LogP contribution in [0.2, 0.25) is 0 Å². The number of hydrogen-bond acceptors (Lipinski definition) is 6. The van der Waals surface area contributed by atoms with Crippen LogP contribution in [0.4, 0.5) is 0 Å². The number of aromatic nitrogens is 1. The van der Waals surface area contributed by atoms with E-state index in [1.54, 1.807) is 17.7 Å². The number of fused-ring (bicyclic) bond motifs is 2. The van der Waals surface area contributed by atoms with Gasteiger partial charge >= 0.3 is 5.97 Å². The maximum atomic E-state index is 13.2. The summed E-state index contributed by atoms with van der Waals surface area (Å²) >= 11 is 0. The van der Waals surface area contributed by atoms with Gasteiger partial charge in [0, 0.05) is 18.8 Å². The van der Waals surface area contributed by atoms with Crippen LogP contribution in [0.25, 0.3) is 6.08 Å². The van der Waals surface area contributed by atoms with Crippen LogP contribution in [0.3, 0.4) is 0 Å². The Labute approximate surface area is 183 Å². The molecule has 168 valence electrons. The second kappa shape index (κ2) is 10.4. The number of amides is 1. The Morgan fingerprint density at radius 3 is 2.65 bits per heavy atom. The first-order valence-electron chi connectivity index (χ1n) is 11.6. The molecule has 2 bridgehead atoms. The summed E-state index contributed by atoms with van der Waals surface area (Å²) in [6.07, 6.45) is 15.1. The van der Waals surface area contributed by atoms with Crippen LogP contribution in [-0.4, -0.2) is 34.2 Å². The highest BCUT2D eigenvalue weighted by atomic mass is 16.5. The highest BCUT2D eigenvalue weighted by molar-refractivity contribution is 5.90. The molecule has 0 radical (unpaired) electrons. The van der Waals surface area contributed by atoms with Crippen molar-refractivity contribution in [2.75, 3.05) is 0 Å². The van der Waals surface area contributed by atoms with Crippen molar-refractivity contribution in [1.29, 1.82) is 0 Å². The van der Waals surface area contributed by atoms with Gasteiger partial charge in [-0.15, -0.1) is 0 Å². The van der Waals surface area contributed by atoms with Crippen molar-refractivity contribution in [3.05, 3.63) is 35.7 Å². The molecule has 4 atom stereocenters. The molecule has 31 heavy (non-hydrogen) atoms. The summed E-state index contributed by atoms with van der Waals surface area (Å²) in [7, 11) is 0. The first kappa shape index (κ1) is 22.0. The minimum Gasteiger partial charge on any atom is -0.461 e. The van der Waals surface area contributed by atoms with Crippen molar-refractivity contribution in [3.63, 3.8) is 0 Å². The molecule has 0 saturated heterocycles. The monoisotopic (exact) mass is 427 g/mol. The average Bonchev–Trinajstić information content (AvgIpc) is 3.42. The molecule has 0 aromatic carbocycles. The summed E-state index contributed by atoms with van der Waals surface area (Å²) in [6, 6.07) is 3.46. The van der Waals surface area contributed by atoms with Gasteiger partial charge in [0.05, 0.1) is 5.69 Å². The summed E-state index contributed by atoms with van der Waals surface area (Å²) in [6.45, 7) is 0.543. The SMILES string of the molecule is O=C(/C=C/c1ccc(CN[C@H](C(=O)OC2CC3CCC2C3)C2CCCCC2)cn1)NO. The number of carbonyl (C=O) groups excluding carboxylic acids is 2. The number of nitrogens with one attached hydrogen (secondary N) is 2. The molecule has 4 rings (SSSR count). The van der Waals surface area contributed by atoms with E-state index in [0.717, 1.165) is 30.7 Å². The Morgan fingerprint density at radius 2 is 2.00 bits per heavy atom. The van der Waals surface area contributed by atoms with Gasteiger partial charge in [-0.1, -0.05) is 25.3 Å². The van der Waals surface area contributed by atoms with Crippen LogP contribution in [0.5, 0.6) is 0 Å². The van der Waals surface area contributed by atoms with Crippen molar-refractivity contribution in [2.24, 2.45) is 17.8 Å². The largest absolute Gasteiger partial charge is 0.461 e. The van der Waals surface area contributed by atoms with Crippen LogP contribution in [-0.2, 0) is 20.9 Å². The van der Waals surface area contributed by atoms with Gasteiger partial charge in [-0.05, 0) is 74.0 Å². The lowest BCUT2D eigenvalue weighted by Crippen LogP contribution is -2.46. The molecule has 3 unspecified atom stereocenters. The molecule has 3 fully saturated rings. The van der Waals surface area contributed by atoms with Crippen LogP contribution < -0.4 is 10.8 Å². The molecule has 1 amide bonds. The minimum atomic E-state index is -0.600. The number of ether oxygens (including phenoxy) is 1. The van der Waals surface area contributed by atoms with Gasteiger partial charge in [-0.3, -0.25) is 19.8 Å². The predicted molar refractivity (Wildman–Crippen MR) is 116 cm³/mol. The maximum Gasteiger partial charge on any atom is 0.323 e. The number of pyridine rings is 1. The summed E-state index contributed by atoms with van der Waals surface area (Å²) in [4.78, 5) is 28.6. The van der Waals surface area contributed by atoms with Crippen molar-refractivity contribution in [2.45, 2.75) is 76.5 Å². The molecule has 1 heterocycles. The zero-order valence-corrected chi connectivity index (χ0v) is 18.0. The summed E-state index contributed by atoms with van der Waals surface area (Å²) < 4.78 is 6.05. The lowest BCUT2D eigenvalue weighted by molar-refractivity contribution is -0.156. The number of esters is 1. The highest BCUT2D eigenvalue weighted by Crippen LogP contribution is 2.46. The summed E-state index contributed by atoms with van der Waals surface area (Å²) in [5.74, 6) is 0.973. The van der Waals surface area contributed by atoms with Gasteiger partial charge in [-0.25, -0.2) is 5.48 Å². The Bertz CT molecular complexity index is 789. The van der Waals surface area contributed by atoms with Crippen molar-refractivity contribution >= 4 is 18.0 Å². The van der Waals surface area contributed by atoms with E-state index in [2.05, 4.69) is 10.3 Å². The zero-order chi connectivity index (χ0) is 21.6. The summed E-state index contributed by atoms with van der Waals surface area (Å²) in [5.41, 5.74) is 3.14. The highest BCUT2D eigenvalue weighted by Gasteiger charge is 2.43. The Hall–Kier alpha value is -2.25. The Balaban J connectivity index is 1.36. The van der Waals surface area contributed by atoms with E-state index in [1.807, 2.05) is 6.07 Å². The van der Waals surface area contributed by atoms with E-state index in [0.29, 0.717) is 24.1 Å². The molecule has 0 aliphatic heterocycles. The molecule has 3 aliphatic rings. The van der Waals surface area contributed by atoms with Crippen molar-refractivity contribution in [3.8, 4) is 0 Å². The molecule has 1 aromatic rings. The van der Waals surface area contributed by atoms with E-state index in [9.17, 15) is 9.59 Å². The third kappa shape index (κ3) is 5.71. The van der Waals surface area contributed by atoms with E-state index < -0.39 is 5.91 Å². The molecule has 7 heteroatoms. The van der Waals surface area contributed by atoms with E-state index >= 15 is 0 Å². The molecule has 1 aromatic heterocycles. The van der Waals surface area contributed by atoms with Gasteiger partial charge in [0.15, 0.2) is 0 Å². The minimum absolute atomic E-state index is 0.0769. The molecule has 3 aliphatic carbocycles. The zero-order valence-electron chi connectivity index (χ0n) is 18.0. The van der Waals surface area contributed by atoms with Crippen molar-refractivity contribution < 1.29 is 19.5 Å². The lowest BCUT2D eigenvalue weighted by Gasteiger charge is -2.31. The average molecular weight is 428 g/mol.